The molecule has 9 heteroatoms. The van der Waals surface area contributed by atoms with E-state index in [1.807, 2.05) is 13.8 Å². The van der Waals surface area contributed by atoms with Crippen LogP contribution in [0.1, 0.15) is 11.9 Å². The lowest BCUT2D eigenvalue weighted by Gasteiger charge is -2.02. The van der Waals surface area contributed by atoms with Gasteiger partial charge in [-0.3, -0.25) is 0 Å². The molecule has 0 bridgehead atoms. The number of rotatable bonds is 4. The molecule has 0 amide bonds. The van der Waals surface area contributed by atoms with Gasteiger partial charge in [-0.1, -0.05) is 11.3 Å². The Morgan fingerprint density at radius 2 is 2.12 bits per heavy atom. The molecule has 0 saturated carbocycles. The van der Waals surface area contributed by atoms with E-state index in [9.17, 15) is 0 Å². The highest BCUT2D eigenvalue weighted by molar-refractivity contribution is 8.00. The summed E-state index contributed by atoms with van der Waals surface area (Å²) in [7, 11) is 0. The molecular weight excluding hydrogens is 260 g/mol. The Morgan fingerprint density at radius 3 is 2.76 bits per heavy atom. The molecule has 0 unspecified atom stereocenters. The van der Waals surface area contributed by atoms with E-state index in [4.69, 9.17) is 10.5 Å². The molecule has 0 aliphatic heterocycles. The van der Waals surface area contributed by atoms with Gasteiger partial charge in [0.05, 0.1) is 6.61 Å². The van der Waals surface area contributed by atoms with Gasteiger partial charge >= 0.3 is 6.01 Å². The van der Waals surface area contributed by atoms with Crippen LogP contribution in [0, 0.1) is 6.92 Å². The van der Waals surface area contributed by atoms with E-state index in [2.05, 4.69) is 25.1 Å². The van der Waals surface area contributed by atoms with Crippen LogP contribution in [0.5, 0.6) is 6.01 Å². The average molecular weight is 270 g/mol. The monoisotopic (exact) mass is 270 g/mol. The molecule has 2 N–H and O–H groups in total. The number of hydrogen-bond donors (Lipinski definition) is 1. The van der Waals surface area contributed by atoms with Gasteiger partial charge in [-0.15, -0.1) is 10.2 Å². The SMILES string of the molecule is CCOc1nc(N)nc(Sc2nnc(C)s2)n1. The zero-order valence-electron chi connectivity index (χ0n) is 9.25. The normalized spacial score (nSPS) is 10.5. The molecule has 0 aliphatic carbocycles. The smallest absolute Gasteiger partial charge is 0.322 e. The van der Waals surface area contributed by atoms with Crippen LogP contribution in [0.15, 0.2) is 9.50 Å². The molecule has 0 spiro atoms. The maximum Gasteiger partial charge on any atom is 0.322 e. The molecule has 0 fully saturated rings. The molecule has 0 saturated heterocycles. The topological polar surface area (TPSA) is 99.7 Å². The summed E-state index contributed by atoms with van der Waals surface area (Å²) < 4.78 is 5.94. The van der Waals surface area contributed by atoms with Gasteiger partial charge in [-0.05, 0) is 25.6 Å². The van der Waals surface area contributed by atoms with Crippen molar-refractivity contribution < 1.29 is 4.74 Å². The second-order valence-electron chi connectivity index (χ2n) is 2.88. The molecule has 2 aromatic rings. The van der Waals surface area contributed by atoms with Crippen molar-refractivity contribution in [3.05, 3.63) is 5.01 Å². The number of aromatic nitrogens is 5. The highest BCUT2D eigenvalue weighted by atomic mass is 32.2. The van der Waals surface area contributed by atoms with Crippen molar-refractivity contribution >= 4 is 29.0 Å². The van der Waals surface area contributed by atoms with Crippen molar-refractivity contribution in [1.29, 1.82) is 0 Å². The zero-order chi connectivity index (χ0) is 12.3. The lowest BCUT2D eigenvalue weighted by molar-refractivity contribution is 0.308. The molecule has 7 nitrogen and oxygen atoms in total. The summed E-state index contributed by atoms with van der Waals surface area (Å²) in [6.07, 6.45) is 0. The number of nitrogen functional groups attached to an aromatic ring is 1. The number of anilines is 1. The zero-order valence-corrected chi connectivity index (χ0v) is 10.9. The van der Waals surface area contributed by atoms with Gasteiger partial charge in [0.15, 0.2) is 4.34 Å². The Morgan fingerprint density at radius 1 is 1.29 bits per heavy atom. The highest BCUT2D eigenvalue weighted by Crippen LogP contribution is 2.28. The second kappa shape index (κ2) is 5.23. The minimum Gasteiger partial charge on any atom is -0.464 e. The number of hydrogen-bond acceptors (Lipinski definition) is 9. The van der Waals surface area contributed by atoms with Crippen molar-refractivity contribution in [2.24, 2.45) is 0 Å². The molecular formula is C8H10N6OS2. The van der Waals surface area contributed by atoms with E-state index in [1.165, 1.54) is 23.1 Å². The first-order valence-corrected chi connectivity index (χ1v) is 6.43. The first-order valence-electron chi connectivity index (χ1n) is 4.79. The average Bonchev–Trinajstić information content (AvgIpc) is 2.63. The van der Waals surface area contributed by atoms with E-state index in [-0.39, 0.29) is 12.0 Å². The van der Waals surface area contributed by atoms with Gasteiger partial charge in [0.2, 0.25) is 11.1 Å². The number of nitrogens with zero attached hydrogens (tertiary/aromatic N) is 5. The van der Waals surface area contributed by atoms with Crippen molar-refractivity contribution in [1.82, 2.24) is 25.1 Å². The van der Waals surface area contributed by atoms with Gasteiger partial charge < -0.3 is 10.5 Å². The number of aryl methyl sites for hydroxylation is 1. The summed E-state index contributed by atoms with van der Waals surface area (Å²) in [5.74, 6) is 0.132. The van der Waals surface area contributed by atoms with Crippen LogP contribution >= 0.6 is 23.1 Å². The molecule has 0 atom stereocenters. The number of ether oxygens (including phenoxy) is 1. The lowest BCUT2D eigenvalue weighted by atomic mass is 10.8. The Bertz CT molecular complexity index is 516. The summed E-state index contributed by atoms with van der Waals surface area (Å²) in [4.78, 5) is 12.0. The molecule has 2 rings (SSSR count). The second-order valence-corrected chi connectivity index (χ2v) is 5.28. The minimum absolute atomic E-state index is 0.132. The molecule has 17 heavy (non-hydrogen) atoms. The Kier molecular flexibility index (Phi) is 3.69. The largest absolute Gasteiger partial charge is 0.464 e. The van der Waals surface area contributed by atoms with Gasteiger partial charge in [0, 0.05) is 0 Å². The third-order valence-corrected chi connectivity index (χ3v) is 3.33. The van der Waals surface area contributed by atoms with E-state index in [1.54, 1.807) is 0 Å². The molecule has 2 aromatic heterocycles. The fourth-order valence-corrected chi connectivity index (χ4v) is 2.66. The Hall–Kier alpha value is -1.48. The molecule has 0 aliphatic rings. The number of nitrogens with two attached hydrogens (primary N) is 1. The van der Waals surface area contributed by atoms with E-state index < -0.39 is 0 Å². The highest BCUT2D eigenvalue weighted by Gasteiger charge is 2.09. The Labute approximate surface area is 106 Å². The third-order valence-electron chi connectivity index (χ3n) is 1.57. The van der Waals surface area contributed by atoms with Gasteiger partial charge in [0.25, 0.3) is 0 Å². The summed E-state index contributed by atoms with van der Waals surface area (Å²) in [6, 6.07) is 0.226. The maximum atomic E-state index is 5.56. The summed E-state index contributed by atoms with van der Waals surface area (Å²) in [5, 5.41) is 9.22. The predicted molar refractivity (Wildman–Crippen MR) is 64.2 cm³/mol. The van der Waals surface area contributed by atoms with Crippen LogP contribution in [0.25, 0.3) is 0 Å². The maximum absolute atomic E-state index is 5.56. The quantitative estimate of drug-likeness (QED) is 0.883. The molecule has 0 radical (unpaired) electrons. The third kappa shape index (κ3) is 3.24. The van der Waals surface area contributed by atoms with Gasteiger partial charge in [-0.25, -0.2) is 0 Å². The lowest BCUT2D eigenvalue weighted by Crippen LogP contribution is -2.04. The van der Waals surface area contributed by atoms with Crippen LogP contribution in [0.2, 0.25) is 0 Å². The van der Waals surface area contributed by atoms with E-state index >= 15 is 0 Å². The first-order chi connectivity index (χ1) is 8.17. The summed E-state index contributed by atoms with van der Waals surface area (Å²) in [6.45, 7) is 4.21. The van der Waals surface area contributed by atoms with Gasteiger partial charge in [-0.2, -0.15) is 15.0 Å². The fraction of sp³-hybridized carbons (Fsp3) is 0.375. The van der Waals surface area contributed by atoms with E-state index in [0.29, 0.717) is 11.8 Å². The van der Waals surface area contributed by atoms with Crippen molar-refractivity contribution in [2.75, 3.05) is 12.3 Å². The summed E-state index contributed by atoms with van der Waals surface area (Å²) in [5.41, 5.74) is 5.56. The fourth-order valence-electron chi connectivity index (χ4n) is 0.990. The molecule has 2 heterocycles. The minimum atomic E-state index is 0.132. The van der Waals surface area contributed by atoms with E-state index in [0.717, 1.165) is 9.35 Å². The standard InChI is InChI=1S/C8H10N6OS2/c1-3-15-6-10-5(9)11-7(12-6)17-8-14-13-4(2)16-8/h3H2,1-2H3,(H2,9,10,11,12). The van der Waals surface area contributed by atoms with Crippen LogP contribution in [-0.4, -0.2) is 31.8 Å². The molecule has 0 aromatic carbocycles. The predicted octanol–water partition coefficient (Wildman–Crippen LogP) is 1.16. The van der Waals surface area contributed by atoms with Crippen LogP contribution < -0.4 is 10.5 Å². The van der Waals surface area contributed by atoms with Crippen molar-refractivity contribution in [3.63, 3.8) is 0 Å². The molecule has 90 valence electrons. The van der Waals surface area contributed by atoms with Crippen molar-refractivity contribution in [2.45, 2.75) is 23.3 Å². The summed E-state index contributed by atoms with van der Waals surface area (Å²) >= 11 is 2.75. The van der Waals surface area contributed by atoms with Crippen LogP contribution in [-0.2, 0) is 0 Å². The van der Waals surface area contributed by atoms with Crippen molar-refractivity contribution in [3.8, 4) is 6.01 Å². The van der Waals surface area contributed by atoms with Crippen LogP contribution in [0.4, 0.5) is 5.95 Å². The van der Waals surface area contributed by atoms with Crippen LogP contribution in [0.3, 0.4) is 0 Å². The Balaban J connectivity index is 2.20. The first kappa shape index (κ1) is 12.0. The van der Waals surface area contributed by atoms with Gasteiger partial charge in [0.1, 0.15) is 5.01 Å².